The number of rotatable bonds is 5. The van der Waals surface area contributed by atoms with Gasteiger partial charge < -0.3 is 19.3 Å². The number of carbonyl (C=O) groups is 1. The fourth-order valence-electron chi connectivity index (χ4n) is 6.55. The Morgan fingerprint density at radius 3 is 2.58 bits per heavy atom. The van der Waals surface area contributed by atoms with E-state index in [0.717, 1.165) is 36.7 Å². The van der Waals surface area contributed by atoms with Crippen molar-refractivity contribution in [3.8, 4) is 10.4 Å². The zero-order chi connectivity index (χ0) is 25.0. The highest BCUT2D eigenvalue weighted by Gasteiger charge is 2.44. The zero-order valence-corrected chi connectivity index (χ0v) is 21.1. The van der Waals surface area contributed by atoms with E-state index in [2.05, 4.69) is 14.5 Å². The predicted octanol–water partition coefficient (Wildman–Crippen LogP) is 5.17. The van der Waals surface area contributed by atoms with Crippen LogP contribution >= 0.6 is 11.3 Å². The van der Waals surface area contributed by atoms with E-state index in [1.807, 2.05) is 24.5 Å². The molecule has 3 fully saturated rings. The fraction of sp³-hybridized carbons (Fsp3) is 0.538. The quantitative estimate of drug-likeness (QED) is 0.286. The number of carbonyl (C=O) groups excluding carboxylic acids is 1. The van der Waals surface area contributed by atoms with Crippen LogP contribution in [0, 0.1) is 22.0 Å². The number of aliphatic hydroxyl groups is 1. The highest BCUT2D eigenvalue weighted by molar-refractivity contribution is 7.20. The number of fused-ring (bicyclic) bond motifs is 2. The monoisotopic (exact) mass is 510 g/mol. The van der Waals surface area contributed by atoms with Gasteiger partial charge in [-0.25, -0.2) is 9.78 Å². The lowest BCUT2D eigenvalue weighted by Gasteiger charge is -2.23. The molecule has 3 heterocycles. The molecule has 2 saturated carbocycles. The summed E-state index contributed by atoms with van der Waals surface area (Å²) in [5, 5.41) is 22.9. The van der Waals surface area contributed by atoms with E-state index in [1.165, 1.54) is 37.7 Å². The van der Waals surface area contributed by atoms with Crippen LogP contribution in [0.3, 0.4) is 0 Å². The summed E-state index contributed by atoms with van der Waals surface area (Å²) in [6.45, 7) is 1.35. The van der Waals surface area contributed by atoms with Gasteiger partial charge in [-0.05, 0) is 49.7 Å². The number of aliphatic hydroxyl groups excluding tert-OH is 1. The first-order chi connectivity index (χ1) is 17.4. The SMILES string of the molecule is COC(=O)c1c(N2C[C@H]3C[C@H](O)C[C@H]3C2)sc(-c2ccc3c(c2)ncn3C2CCCCC2)c1[N+](=O)[O-]. The Labute approximate surface area is 212 Å². The summed E-state index contributed by atoms with van der Waals surface area (Å²) in [4.78, 5) is 31.8. The molecule has 3 atom stereocenters. The molecule has 1 aromatic carbocycles. The van der Waals surface area contributed by atoms with Gasteiger partial charge in [-0.15, -0.1) is 11.3 Å². The Morgan fingerprint density at radius 1 is 1.19 bits per heavy atom. The Hall–Kier alpha value is -2.98. The second-order valence-electron chi connectivity index (χ2n) is 10.4. The van der Waals surface area contributed by atoms with Gasteiger partial charge in [0.1, 0.15) is 9.88 Å². The molecular weight excluding hydrogens is 480 g/mol. The molecule has 6 rings (SSSR count). The summed E-state index contributed by atoms with van der Waals surface area (Å²) >= 11 is 1.28. The number of nitrogens with zero attached hydrogens (tertiary/aromatic N) is 4. The number of benzene rings is 1. The number of hydrogen-bond acceptors (Lipinski definition) is 8. The normalized spacial score (nSPS) is 24.4. The average molecular weight is 511 g/mol. The van der Waals surface area contributed by atoms with Crippen LogP contribution in [0.15, 0.2) is 24.5 Å². The molecule has 0 spiro atoms. The van der Waals surface area contributed by atoms with Crippen LogP contribution in [0.2, 0.25) is 0 Å². The van der Waals surface area contributed by atoms with Crippen LogP contribution in [0.4, 0.5) is 10.7 Å². The molecule has 36 heavy (non-hydrogen) atoms. The molecule has 0 bridgehead atoms. The average Bonchev–Trinajstić information content (AvgIpc) is 3.63. The Bertz CT molecular complexity index is 1310. The van der Waals surface area contributed by atoms with Crippen LogP contribution in [-0.2, 0) is 4.74 Å². The third-order valence-corrected chi connectivity index (χ3v) is 9.54. The number of anilines is 1. The van der Waals surface area contributed by atoms with E-state index >= 15 is 0 Å². The van der Waals surface area contributed by atoms with Crippen molar-refractivity contribution in [2.45, 2.75) is 57.1 Å². The summed E-state index contributed by atoms with van der Waals surface area (Å²) in [5.74, 6) is -0.0376. The summed E-state index contributed by atoms with van der Waals surface area (Å²) in [6.07, 6.45) is 9.07. The van der Waals surface area contributed by atoms with Crippen molar-refractivity contribution in [3.05, 3.63) is 40.2 Å². The third kappa shape index (κ3) is 3.87. The number of ether oxygens (including phenoxy) is 1. The molecule has 0 radical (unpaired) electrons. The van der Waals surface area contributed by atoms with Crippen molar-refractivity contribution in [2.75, 3.05) is 25.1 Å². The first-order valence-electron chi connectivity index (χ1n) is 12.7. The van der Waals surface area contributed by atoms with Gasteiger partial charge in [-0.2, -0.15) is 0 Å². The molecule has 3 aliphatic rings. The molecule has 2 aliphatic carbocycles. The lowest BCUT2D eigenvalue weighted by Crippen LogP contribution is -2.23. The van der Waals surface area contributed by atoms with Gasteiger partial charge in [0.25, 0.3) is 0 Å². The number of nitro groups is 1. The van der Waals surface area contributed by atoms with Crippen LogP contribution in [0.1, 0.15) is 61.3 Å². The number of esters is 1. The second-order valence-corrected chi connectivity index (χ2v) is 11.4. The van der Waals surface area contributed by atoms with Gasteiger partial charge in [0, 0.05) is 24.7 Å². The molecule has 190 valence electrons. The number of aromatic nitrogens is 2. The van der Waals surface area contributed by atoms with Gasteiger partial charge >= 0.3 is 11.7 Å². The van der Waals surface area contributed by atoms with Crippen molar-refractivity contribution < 1.29 is 19.6 Å². The largest absolute Gasteiger partial charge is 0.465 e. The van der Waals surface area contributed by atoms with Crippen LogP contribution in [-0.4, -0.2) is 51.9 Å². The Kier molecular flexibility index (Phi) is 5.95. The zero-order valence-electron chi connectivity index (χ0n) is 20.3. The van der Waals surface area contributed by atoms with Gasteiger partial charge in [-0.3, -0.25) is 10.1 Å². The number of thiophene rings is 1. The van der Waals surface area contributed by atoms with E-state index in [-0.39, 0.29) is 17.4 Å². The van der Waals surface area contributed by atoms with Gasteiger partial charge in [0.05, 0.1) is 35.5 Å². The van der Waals surface area contributed by atoms with E-state index in [4.69, 9.17) is 4.74 Å². The summed E-state index contributed by atoms with van der Waals surface area (Å²) in [7, 11) is 1.26. The fourth-order valence-corrected chi connectivity index (χ4v) is 7.82. The molecule has 0 unspecified atom stereocenters. The maximum absolute atomic E-state index is 12.8. The Morgan fingerprint density at radius 2 is 1.92 bits per heavy atom. The molecule has 0 amide bonds. The molecule has 9 nitrogen and oxygen atoms in total. The lowest BCUT2D eigenvalue weighted by atomic mass is 9.95. The first-order valence-corrected chi connectivity index (χ1v) is 13.6. The number of imidazole rings is 1. The minimum Gasteiger partial charge on any atom is -0.465 e. The summed E-state index contributed by atoms with van der Waals surface area (Å²) in [5.41, 5.74) is 2.33. The van der Waals surface area contributed by atoms with Crippen molar-refractivity contribution >= 4 is 39.0 Å². The molecule has 3 aromatic rings. The lowest BCUT2D eigenvalue weighted by molar-refractivity contribution is -0.384. The minimum absolute atomic E-state index is 0.0239. The van der Waals surface area contributed by atoms with Crippen molar-refractivity contribution in [3.63, 3.8) is 0 Å². The van der Waals surface area contributed by atoms with E-state index < -0.39 is 10.9 Å². The molecule has 10 heteroatoms. The van der Waals surface area contributed by atoms with E-state index in [9.17, 15) is 20.0 Å². The maximum Gasteiger partial charge on any atom is 0.347 e. The number of methoxy groups -OCH3 is 1. The first kappa shape index (κ1) is 23.4. The minimum atomic E-state index is -0.695. The maximum atomic E-state index is 12.8. The Balaban J connectivity index is 1.42. The summed E-state index contributed by atoms with van der Waals surface area (Å²) in [6, 6.07) is 6.24. The van der Waals surface area contributed by atoms with Crippen LogP contribution in [0.5, 0.6) is 0 Å². The molecule has 1 saturated heterocycles. The smallest absolute Gasteiger partial charge is 0.347 e. The van der Waals surface area contributed by atoms with Crippen molar-refractivity contribution in [1.82, 2.24) is 9.55 Å². The third-order valence-electron chi connectivity index (χ3n) is 8.25. The van der Waals surface area contributed by atoms with Crippen molar-refractivity contribution in [2.24, 2.45) is 11.8 Å². The van der Waals surface area contributed by atoms with Crippen molar-refractivity contribution in [1.29, 1.82) is 0 Å². The van der Waals surface area contributed by atoms with Gasteiger partial charge in [0.2, 0.25) is 0 Å². The predicted molar refractivity (Wildman–Crippen MR) is 138 cm³/mol. The molecule has 1 aliphatic heterocycles. The van der Waals surface area contributed by atoms with Gasteiger partial charge in [-0.1, -0.05) is 25.3 Å². The van der Waals surface area contributed by atoms with E-state index in [1.54, 1.807) is 0 Å². The number of hydrogen-bond donors (Lipinski definition) is 1. The van der Waals surface area contributed by atoms with Gasteiger partial charge in [0.15, 0.2) is 5.56 Å². The highest BCUT2D eigenvalue weighted by Crippen LogP contribution is 2.50. The van der Waals surface area contributed by atoms with Crippen LogP contribution < -0.4 is 4.90 Å². The molecule has 2 aromatic heterocycles. The second kappa shape index (κ2) is 9.15. The standard InChI is InChI=1S/C26H30N4O5S/c1-35-26(32)22-23(30(33)34)24(36-25(22)28-12-16-9-19(31)10-17(16)13-28)15-7-8-21-20(11-15)27-14-29(21)18-5-3-2-4-6-18/h7-8,11,14,16-19,31H,2-6,9-10,12-13H2,1H3/t16-,17+,19+. The molecular formula is C26H30N4O5S. The summed E-state index contributed by atoms with van der Waals surface area (Å²) < 4.78 is 7.25. The van der Waals surface area contributed by atoms with E-state index in [0.29, 0.717) is 46.4 Å². The topological polar surface area (TPSA) is 111 Å². The highest BCUT2D eigenvalue weighted by atomic mass is 32.1. The molecule has 1 N–H and O–H groups in total. The van der Waals surface area contributed by atoms with Crippen LogP contribution in [0.25, 0.3) is 21.5 Å².